The molecule has 25 heavy (non-hydrogen) atoms. The van der Waals surface area contributed by atoms with Crippen molar-refractivity contribution >= 4 is 5.97 Å². The van der Waals surface area contributed by atoms with Gasteiger partial charge in [0.1, 0.15) is 12.4 Å². The van der Waals surface area contributed by atoms with E-state index >= 15 is 0 Å². The number of aromatic carboxylic acids is 1. The summed E-state index contributed by atoms with van der Waals surface area (Å²) in [4.78, 5) is 15.8. The molecular weight excluding hydrogens is 316 g/mol. The molecule has 0 aliphatic heterocycles. The van der Waals surface area contributed by atoms with E-state index in [1.807, 2.05) is 0 Å². The molecule has 1 aromatic carbocycles. The lowest BCUT2D eigenvalue weighted by Crippen LogP contribution is -2.41. The number of hydrogen-bond donors (Lipinski definition) is 1. The average molecular weight is 351 g/mol. The molecule has 1 rings (SSSR count). The Bertz CT molecular complexity index is 482. The van der Waals surface area contributed by atoms with E-state index in [-0.39, 0.29) is 5.56 Å². The topological polar surface area (TPSA) is 53.0 Å². The minimum Gasteiger partial charge on any atom is -0.492 e. The molecular formula is C20H34N2O3. The molecule has 1 aromatic rings. The second-order valence-electron chi connectivity index (χ2n) is 6.65. The summed E-state index contributed by atoms with van der Waals surface area (Å²) < 4.78 is 5.77. The SMILES string of the molecule is CCCN(CCC)CCN(CCOc1ccc(C(=O)O)cc1)C(C)C. The fourth-order valence-corrected chi connectivity index (χ4v) is 2.84. The van der Waals surface area contributed by atoms with Gasteiger partial charge in [-0.1, -0.05) is 13.8 Å². The molecule has 0 saturated carbocycles. The lowest BCUT2D eigenvalue weighted by atomic mass is 10.2. The van der Waals surface area contributed by atoms with Gasteiger partial charge in [0.25, 0.3) is 0 Å². The Labute approximate surface area is 152 Å². The van der Waals surface area contributed by atoms with Gasteiger partial charge in [-0.05, 0) is 64.0 Å². The summed E-state index contributed by atoms with van der Waals surface area (Å²) in [5.74, 6) is -0.200. The number of ether oxygens (including phenoxy) is 1. The van der Waals surface area contributed by atoms with Crippen LogP contribution in [0, 0.1) is 0 Å². The van der Waals surface area contributed by atoms with Crippen molar-refractivity contribution < 1.29 is 14.6 Å². The van der Waals surface area contributed by atoms with Crippen LogP contribution in [0.3, 0.4) is 0 Å². The van der Waals surface area contributed by atoms with Gasteiger partial charge in [-0.2, -0.15) is 0 Å². The maximum atomic E-state index is 10.9. The highest BCUT2D eigenvalue weighted by Crippen LogP contribution is 2.12. The second-order valence-corrected chi connectivity index (χ2v) is 6.65. The van der Waals surface area contributed by atoms with Crippen molar-refractivity contribution in [2.75, 3.05) is 39.3 Å². The van der Waals surface area contributed by atoms with Crippen molar-refractivity contribution in [3.8, 4) is 5.75 Å². The third-order valence-corrected chi connectivity index (χ3v) is 4.26. The predicted octanol–water partition coefficient (Wildman–Crippen LogP) is 3.60. The Morgan fingerprint density at radius 3 is 2.08 bits per heavy atom. The Morgan fingerprint density at radius 2 is 1.60 bits per heavy atom. The number of benzene rings is 1. The Balaban J connectivity index is 2.43. The summed E-state index contributed by atoms with van der Waals surface area (Å²) in [6, 6.07) is 7.06. The summed E-state index contributed by atoms with van der Waals surface area (Å²) in [5, 5.41) is 8.91. The fraction of sp³-hybridized carbons (Fsp3) is 0.650. The normalized spacial score (nSPS) is 11.5. The Kier molecular flexibility index (Phi) is 10.2. The van der Waals surface area contributed by atoms with Gasteiger partial charge in [-0.3, -0.25) is 4.90 Å². The lowest BCUT2D eigenvalue weighted by Gasteiger charge is -2.30. The van der Waals surface area contributed by atoms with Crippen LogP contribution in [-0.2, 0) is 0 Å². The minimum absolute atomic E-state index is 0.281. The molecule has 0 fully saturated rings. The molecule has 0 bridgehead atoms. The van der Waals surface area contributed by atoms with Gasteiger partial charge in [0.2, 0.25) is 0 Å². The molecule has 0 aliphatic carbocycles. The molecule has 0 heterocycles. The van der Waals surface area contributed by atoms with Gasteiger partial charge >= 0.3 is 5.97 Å². The van der Waals surface area contributed by atoms with Crippen LogP contribution in [0.15, 0.2) is 24.3 Å². The zero-order valence-corrected chi connectivity index (χ0v) is 16.2. The Hall–Kier alpha value is -1.59. The molecule has 0 atom stereocenters. The highest BCUT2D eigenvalue weighted by molar-refractivity contribution is 5.87. The molecule has 0 spiro atoms. The number of carboxylic acid groups (broad SMARTS) is 1. The number of carboxylic acids is 1. The molecule has 0 saturated heterocycles. The van der Waals surface area contributed by atoms with E-state index in [0.29, 0.717) is 18.4 Å². The van der Waals surface area contributed by atoms with Crippen molar-refractivity contribution in [2.24, 2.45) is 0 Å². The van der Waals surface area contributed by atoms with Crippen LogP contribution in [0.1, 0.15) is 50.9 Å². The van der Waals surface area contributed by atoms with Gasteiger partial charge in [0.05, 0.1) is 5.56 Å². The Morgan fingerprint density at radius 1 is 1.00 bits per heavy atom. The van der Waals surface area contributed by atoms with E-state index in [4.69, 9.17) is 9.84 Å². The zero-order chi connectivity index (χ0) is 18.7. The number of rotatable bonds is 13. The maximum absolute atomic E-state index is 10.9. The second kappa shape index (κ2) is 11.9. The largest absolute Gasteiger partial charge is 0.492 e. The van der Waals surface area contributed by atoms with Gasteiger partial charge in [0.15, 0.2) is 0 Å². The van der Waals surface area contributed by atoms with Gasteiger partial charge in [0, 0.05) is 25.7 Å². The van der Waals surface area contributed by atoms with E-state index < -0.39 is 5.97 Å². The van der Waals surface area contributed by atoms with Crippen molar-refractivity contribution in [2.45, 2.75) is 46.6 Å². The van der Waals surface area contributed by atoms with Crippen LogP contribution in [0.4, 0.5) is 0 Å². The highest BCUT2D eigenvalue weighted by atomic mass is 16.5. The van der Waals surface area contributed by atoms with Crippen LogP contribution in [0.5, 0.6) is 5.75 Å². The molecule has 5 nitrogen and oxygen atoms in total. The summed E-state index contributed by atoms with van der Waals surface area (Å²) in [7, 11) is 0. The van der Waals surface area contributed by atoms with E-state index in [1.54, 1.807) is 24.3 Å². The maximum Gasteiger partial charge on any atom is 0.335 e. The monoisotopic (exact) mass is 350 g/mol. The fourth-order valence-electron chi connectivity index (χ4n) is 2.84. The van der Waals surface area contributed by atoms with Crippen molar-refractivity contribution in [1.29, 1.82) is 0 Å². The van der Waals surface area contributed by atoms with E-state index in [1.165, 1.54) is 12.8 Å². The third-order valence-electron chi connectivity index (χ3n) is 4.26. The van der Waals surface area contributed by atoms with Crippen LogP contribution in [0.2, 0.25) is 0 Å². The van der Waals surface area contributed by atoms with E-state index in [0.717, 1.165) is 32.7 Å². The molecule has 0 unspecified atom stereocenters. The molecule has 5 heteroatoms. The summed E-state index contributed by atoms with van der Waals surface area (Å²) in [6.07, 6.45) is 2.38. The highest BCUT2D eigenvalue weighted by Gasteiger charge is 2.12. The van der Waals surface area contributed by atoms with Crippen LogP contribution in [0.25, 0.3) is 0 Å². The van der Waals surface area contributed by atoms with E-state index in [2.05, 4.69) is 37.5 Å². The van der Waals surface area contributed by atoms with Crippen molar-refractivity contribution in [3.63, 3.8) is 0 Å². The van der Waals surface area contributed by atoms with Crippen molar-refractivity contribution in [3.05, 3.63) is 29.8 Å². The quantitative estimate of drug-likeness (QED) is 0.589. The number of carbonyl (C=O) groups is 1. The summed E-state index contributed by atoms with van der Waals surface area (Å²) in [5.41, 5.74) is 0.281. The first-order valence-corrected chi connectivity index (χ1v) is 9.40. The van der Waals surface area contributed by atoms with Crippen molar-refractivity contribution in [1.82, 2.24) is 9.80 Å². The van der Waals surface area contributed by atoms with Gasteiger partial charge in [-0.15, -0.1) is 0 Å². The average Bonchev–Trinajstić information content (AvgIpc) is 2.58. The number of hydrogen-bond acceptors (Lipinski definition) is 4. The first kappa shape index (κ1) is 21.5. The van der Waals surface area contributed by atoms with Crippen LogP contribution >= 0.6 is 0 Å². The molecule has 142 valence electrons. The first-order chi connectivity index (χ1) is 12.0. The molecule has 1 N–H and O–H groups in total. The van der Waals surface area contributed by atoms with Gasteiger partial charge < -0.3 is 14.7 Å². The molecule has 0 aromatic heterocycles. The summed E-state index contributed by atoms with van der Waals surface area (Å²) >= 11 is 0. The number of nitrogens with zero attached hydrogens (tertiary/aromatic N) is 2. The molecule has 0 aliphatic rings. The van der Waals surface area contributed by atoms with E-state index in [9.17, 15) is 4.79 Å². The molecule has 0 radical (unpaired) electrons. The van der Waals surface area contributed by atoms with Crippen LogP contribution in [-0.4, -0.2) is 66.2 Å². The van der Waals surface area contributed by atoms with Crippen LogP contribution < -0.4 is 4.74 Å². The smallest absolute Gasteiger partial charge is 0.335 e. The lowest BCUT2D eigenvalue weighted by molar-refractivity contribution is 0.0697. The first-order valence-electron chi connectivity index (χ1n) is 9.40. The predicted molar refractivity (Wildman–Crippen MR) is 103 cm³/mol. The zero-order valence-electron chi connectivity index (χ0n) is 16.2. The minimum atomic E-state index is -0.916. The standard InChI is InChI=1S/C20H34N2O3/c1-5-11-21(12-6-2)13-14-22(17(3)4)15-16-25-19-9-7-18(8-10-19)20(23)24/h7-10,17H,5-6,11-16H2,1-4H3,(H,23,24). The third kappa shape index (κ3) is 8.36. The summed E-state index contributed by atoms with van der Waals surface area (Å²) in [6.45, 7) is 14.8. The molecule has 0 amide bonds. The van der Waals surface area contributed by atoms with Gasteiger partial charge in [-0.25, -0.2) is 4.79 Å².